The van der Waals surface area contributed by atoms with Crippen LogP contribution in [-0.2, 0) is 19.9 Å². The molecule has 0 spiro atoms. The molecule has 0 bridgehead atoms. The molecule has 0 saturated heterocycles. The van der Waals surface area contributed by atoms with Crippen molar-refractivity contribution in [2.45, 2.75) is 4.90 Å². The molecule has 3 N–H and O–H groups in total. The van der Waals surface area contributed by atoms with Gasteiger partial charge in [0.25, 0.3) is 5.91 Å². The number of nitrogens with one attached hydrogen (secondary N) is 1. The Balaban J connectivity index is 3.05. The second-order valence-electron chi connectivity index (χ2n) is 4.19. The van der Waals surface area contributed by atoms with Gasteiger partial charge in [0, 0.05) is 18.9 Å². The molecule has 11 heteroatoms. The fraction of sp³-hybridized carbons (Fsp3) is 0.300. The molecular weight excluding hydrogens is 330 g/mol. The number of carbonyl (C=O) groups is 1. The fourth-order valence-electron chi connectivity index (χ4n) is 1.37. The predicted octanol–water partition coefficient (Wildman–Crippen LogP) is -0.613. The van der Waals surface area contributed by atoms with E-state index < -0.39 is 47.9 Å². The zero-order valence-corrected chi connectivity index (χ0v) is 12.4. The van der Waals surface area contributed by atoms with Crippen LogP contribution in [0.15, 0.2) is 17.0 Å². The van der Waals surface area contributed by atoms with Gasteiger partial charge in [-0.3, -0.25) is 4.79 Å². The monoisotopic (exact) mass is 342 g/mol. The zero-order chi connectivity index (χ0) is 16.4. The van der Waals surface area contributed by atoms with Gasteiger partial charge < -0.3 is 5.32 Å². The second-order valence-corrected chi connectivity index (χ2v) is 7.98. The fourth-order valence-corrected chi connectivity index (χ4v) is 2.45. The number of halogens is 2. The number of primary sulfonamides is 1. The van der Waals surface area contributed by atoms with Crippen molar-refractivity contribution in [3.63, 3.8) is 0 Å². The van der Waals surface area contributed by atoms with E-state index in [0.29, 0.717) is 6.07 Å². The average molecular weight is 342 g/mol. The molecule has 1 rings (SSSR count). The maximum Gasteiger partial charge on any atom is 0.254 e. The summed E-state index contributed by atoms with van der Waals surface area (Å²) in [6, 6.07) is 0.668. The Bertz CT molecular complexity index is 775. The van der Waals surface area contributed by atoms with E-state index in [1.54, 1.807) is 0 Å². The third-order valence-electron chi connectivity index (χ3n) is 2.33. The summed E-state index contributed by atoms with van der Waals surface area (Å²) >= 11 is 0. The van der Waals surface area contributed by atoms with Gasteiger partial charge in [-0.25, -0.2) is 30.8 Å². The highest BCUT2D eigenvalue weighted by Crippen LogP contribution is 2.18. The number of sulfonamides is 1. The second kappa shape index (κ2) is 6.03. The molecule has 0 aliphatic carbocycles. The van der Waals surface area contributed by atoms with Gasteiger partial charge >= 0.3 is 0 Å². The van der Waals surface area contributed by atoms with Crippen LogP contribution in [0.2, 0.25) is 0 Å². The van der Waals surface area contributed by atoms with Crippen molar-refractivity contribution in [1.29, 1.82) is 0 Å². The smallest absolute Gasteiger partial charge is 0.254 e. The number of carbonyl (C=O) groups excluding carboxylic acids is 1. The third-order valence-corrected chi connectivity index (χ3v) is 4.20. The number of nitrogens with two attached hydrogens (primary N) is 1. The van der Waals surface area contributed by atoms with Crippen molar-refractivity contribution in [3.8, 4) is 0 Å². The van der Waals surface area contributed by atoms with Gasteiger partial charge in [0.2, 0.25) is 10.0 Å². The van der Waals surface area contributed by atoms with Crippen molar-refractivity contribution in [1.82, 2.24) is 5.32 Å². The molecule has 0 unspecified atom stereocenters. The van der Waals surface area contributed by atoms with Gasteiger partial charge in [0.1, 0.15) is 26.4 Å². The molecule has 0 radical (unpaired) electrons. The standard InChI is InChI=1S/C10H12F2N2O5S2/c1-20(16,17)3-2-14-10(15)6-4-9(21(13,18)19)8(12)5-7(6)11/h4-5H,2-3H2,1H3,(H,14,15)(H2,13,18,19). The van der Waals surface area contributed by atoms with E-state index in [0.717, 1.165) is 6.26 Å². The van der Waals surface area contributed by atoms with E-state index in [4.69, 9.17) is 5.14 Å². The molecule has 1 aromatic carbocycles. The van der Waals surface area contributed by atoms with Crippen LogP contribution in [0, 0.1) is 11.6 Å². The van der Waals surface area contributed by atoms with Gasteiger partial charge in [0.15, 0.2) is 0 Å². The van der Waals surface area contributed by atoms with Crippen molar-refractivity contribution in [2.75, 3.05) is 18.6 Å². The molecule has 0 fully saturated rings. The number of sulfone groups is 1. The normalized spacial score (nSPS) is 12.2. The predicted molar refractivity (Wildman–Crippen MR) is 69.8 cm³/mol. The molecule has 0 heterocycles. The summed E-state index contributed by atoms with van der Waals surface area (Å²) in [7, 11) is -7.80. The summed E-state index contributed by atoms with van der Waals surface area (Å²) in [5, 5.41) is 6.81. The van der Waals surface area contributed by atoms with E-state index in [-0.39, 0.29) is 18.4 Å². The Hall–Kier alpha value is -1.59. The van der Waals surface area contributed by atoms with E-state index in [2.05, 4.69) is 5.32 Å². The Morgan fingerprint density at radius 2 is 1.76 bits per heavy atom. The van der Waals surface area contributed by atoms with Crippen LogP contribution in [0.5, 0.6) is 0 Å². The third kappa shape index (κ3) is 5.02. The molecule has 0 atom stereocenters. The van der Waals surface area contributed by atoms with E-state index in [9.17, 15) is 30.4 Å². The van der Waals surface area contributed by atoms with Crippen LogP contribution in [0.4, 0.5) is 8.78 Å². The highest BCUT2D eigenvalue weighted by molar-refractivity contribution is 7.90. The van der Waals surface area contributed by atoms with E-state index in [1.807, 2.05) is 0 Å². The maximum atomic E-state index is 13.5. The first-order chi connectivity index (χ1) is 9.42. The SMILES string of the molecule is CS(=O)(=O)CCNC(=O)c1cc(S(N)(=O)=O)c(F)cc1F. The minimum Gasteiger partial charge on any atom is -0.351 e. The molecule has 0 aromatic heterocycles. The minimum atomic E-state index is -4.47. The van der Waals surface area contributed by atoms with Crippen LogP contribution in [0.3, 0.4) is 0 Å². The average Bonchev–Trinajstić information content (AvgIpc) is 2.24. The lowest BCUT2D eigenvalue weighted by Crippen LogP contribution is -2.30. The van der Waals surface area contributed by atoms with Crippen molar-refractivity contribution < 1.29 is 30.4 Å². The highest BCUT2D eigenvalue weighted by atomic mass is 32.2. The summed E-state index contributed by atoms with van der Waals surface area (Å²) in [6.07, 6.45) is 0.941. The molecule has 1 aromatic rings. The summed E-state index contributed by atoms with van der Waals surface area (Å²) < 4.78 is 70.7. The number of amides is 1. The molecule has 0 aliphatic rings. The molecule has 7 nitrogen and oxygen atoms in total. The van der Waals surface area contributed by atoms with Crippen LogP contribution in [0.25, 0.3) is 0 Å². The summed E-state index contributed by atoms with van der Waals surface area (Å²) in [5.41, 5.74) is -0.756. The Morgan fingerprint density at radius 1 is 1.19 bits per heavy atom. The largest absolute Gasteiger partial charge is 0.351 e. The van der Waals surface area contributed by atoms with Gasteiger partial charge in [0.05, 0.1) is 11.3 Å². The number of rotatable bonds is 5. The molecular formula is C10H12F2N2O5S2. The zero-order valence-electron chi connectivity index (χ0n) is 10.8. The lowest BCUT2D eigenvalue weighted by molar-refractivity contribution is 0.0951. The Labute approximate surface area is 120 Å². The molecule has 118 valence electrons. The lowest BCUT2D eigenvalue weighted by Gasteiger charge is -2.08. The lowest BCUT2D eigenvalue weighted by atomic mass is 10.2. The summed E-state index contributed by atoms with van der Waals surface area (Å²) in [5.74, 6) is -4.19. The molecule has 21 heavy (non-hydrogen) atoms. The minimum absolute atomic E-state index is 0.214. The van der Waals surface area contributed by atoms with Crippen molar-refractivity contribution in [2.24, 2.45) is 5.14 Å². The van der Waals surface area contributed by atoms with Crippen molar-refractivity contribution in [3.05, 3.63) is 29.3 Å². The first-order valence-corrected chi connectivity index (χ1v) is 9.00. The van der Waals surface area contributed by atoms with E-state index >= 15 is 0 Å². The van der Waals surface area contributed by atoms with Crippen molar-refractivity contribution >= 4 is 25.8 Å². The topological polar surface area (TPSA) is 123 Å². The first-order valence-electron chi connectivity index (χ1n) is 5.39. The molecule has 0 saturated carbocycles. The van der Waals surface area contributed by atoms with Gasteiger partial charge in [-0.2, -0.15) is 0 Å². The van der Waals surface area contributed by atoms with Crippen LogP contribution < -0.4 is 10.5 Å². The van der Waals surface area contributed by atoms with Gasteiger partial charge in [-0.05, 0) is 6.07 Å². The van der Waals surface area contributed by atoms with E-state index in [1.165, 1.54) is 0 Å². The van der Waals surface area contributed by atoms with Crippen LogP contribution in [-0.4, -0.2) is 41.3 Å². The molecule has 0 aliphatic heterocycles. The van der Waals surface area contributed by atoms with Crippen LogP contribution in [0.1, 0.15) is 10.4 Å². The first kappa shape index (κ1) is 17.5. The number of hydrogen-bond donors (Lipinski definition) is 2. The maximum absolute atomic E-state index is 13.5. The highest BCUT2D eigenvalue weighted by Gasteiger charge is 2.21. The number of benzene rings is 1. The number of hydrogen-bond acceptors (Lipinski definition) is 5. The summed E-state index contributed by atoms with van der Waals surface area (Å²) in [6.45, 7) is -0.306. The van der Waals surface area contributed by atoms with Crippen LogP contribution >= 0.6 is 0 Å². The Kier molecular flexibility index (Phi) is 5.02. The summed E-state index contributed by atoms with van der Waals surface area (Å²) in [4.78, 5) is 10.6. The molecule has 1 amide bonds. The van der Waals surface area contributed by atoms with Gasteiger partial charge in [-0.1, -0.05) is 0 Å². The quantitative estimate of drug-likeness (QED) is 0.738. The van der Waals surface area contributed by atoms with Gasteiger partial charge in [-0.15, -0.1) is 0 Å². The Morgan fingerprint density at radius 3 is 2.24 bits per heavy atom.